The van der Waals surface area contributed by atoms with Crippen LogP contribution in [0.3, 0.4) is 0 Å². The van der Waals surface area contributed by atoms with Crippen LogP contribution in [0.1, 0.15) is 29.7 Å². The van der Waals surface area contributed by atoms with E-state index in [4.69, 9.17) is 0 Å². The van der Waals surface area contributed by atoms with Crippen molar-refractivity contribution in [2.24, 2.45) is 0 Å². The number of rotatable bonds is 4. The van der Waals surface area contributed by atoms with E-state index < -0.39 is 0 Å². The van der Waals surface area contributed by atoms with Crippen LogP contribution in [0.2, 0.25) is 0 Å². The fourth-order valence-corrected chi connectivity index (χ4v) is 3.07. The maximum atomic E-state index is 3.55. The van der Waals surface area contributed by atoms with Gasteiger partial charge in [-0.25, -0.2) is 0 Å². The number of thiophene rings is 1. The largest absolute Gasteiger partial charge is 0.306 e. The SMILES string of the molecule is CCNC(c1ccc(Br)cc1)c1cscc1C. The predicted octanol–water partition coefficient (Wildman–Crippen LogP) is 4.52. The van der Waals surface area contributed by atoms with Crippen LogP contribution in [0.5, 0.6) is 0 Å². The molecule has 2 rings (SSSR count). The Labute approximate surface area is 115 Å². The minimum atomic E-state index is 0.305. The quantitative estimate of drug-likeness (QED) is 0.875. The lowest BCUT2D eigenvalue weighted by Crippen LogP contribution is -2.22. The third-order valence-electron chi connectivity index (χ3n) is 2.82. The molecular weight excluding hydrogens is 294 g/mol. The second-order valence-corrected chi connectivity index (χ2v) is 5.71. The molecule has 0 fully saturated rings. The van der Waals surface area contributed by atoms with E-state index in [2.05, 4.69) is 70.1 Å². The minimum absolute atomic E-state index is 0.305. The topological polar surface area (TPSA) is 12.0 Å². The van der Waals surface area contributed by atoms with E-state index in [1.165, 1.54) is 16.7 Å². The standard InChI is InChI=1S/C14H16BrNS/c1-3-16-14(13-9-17-8-10(13)2)11-4-6-12(15)7-5-11/h4-9,14,16H,3H2,1-2H3. The second kappa shape index (κ2) is 5.80. The Morgan fingerprint density at radius 2 is 1.94 bits per heavy atom. The Hall–Kier alpha value is -0.640. The highest BCUT2D eigenvalue weighted by atomic mass is 79.9. The van der Waals surface area contributed by atoms with Crippen molar-refractivity contribution in [1.82, 2.24) is 5.32 Å². The van der Waals surface area contributed by atoms with E-state index in [9.17, 15) is 0 Å². The van der Waals surface area contributed by atoms with E-state index in [1.807, 2.05) is 0 Å². The molecule has 1 atom stereocenters. The molecule has 0 aliphatic rings. The zero-order valence-electron chi connectivity index (χ0n) is 10.0. The smallest absolute Gasteiger partial charge is 0.0587 e. The summed E-state index contributed by atoms with van der Waals surface area (Å²) in [6, 6.07) is 8.85. The van der Waals surface area contributed by atoms with E-state index in [1.54, 1.807) is 11.3 Å². The van der Waals surface area contributed by atoms with Crippen LogP contribution in [-0.2, 0) is 0 Å². The zero-order chi connectivity index (χ0) is 12.3. The molecule has 1 aromatic heterocycles. The van der Waals surface area contributed by atoms with Crippen molar-refractivity contribution >= 4 is 27.3 Å². The van der Waals surface area contributed by atoms with Crippen LogP contribution in [0, 0.1) is 6.92 Å². The summed E-state index contributed by atoms with van der Waals surface area (Å²) in [6.45, 7) is 5.29. The first-order chi connectivity index (χ1) is 8.22. The van der Waals surface area contributed by atoms with Crippen LogP contribution in [-0.4, -0.2) is 6.54 Å². The van der Waals surface area contributed by atoms with Crippen LogP contribution in [0.15, 0.2) is 39.5 Å². The summed E-state index contributed by atoms with van der Waals surface area (Å²) in [7, 11) is 0. The molecule has 0 saturated carbocycles. The summed E-state index contributed by atoms with van der Waals surface area (Å²) in [4.78, 5) is 0. The van der Waals surface area contributed by atoms with Crippen LogP contribution in [0.4, 0.5) is 0 Å². The Morgan fingerprint density at radius 1 is 1.24 bits per heavy atom. The molecule has 17 heavy (non-hydrogen) atoms. The first kappa shape index (κ1) is 12.8. The van der Waals surface area contributed by atoms with Crippen molar-refractivity contribution in [3.63, 3.8) is 0 Å². The van der Waals surface area contributed by atoms with Gasteiger partial charge >= 0.3 is 0 Å². The molecule has 3 heteroatoms. The molecule has 90 valence electrons. The fraction of sp³-hybridized carbons (Fsp3) is 0.286. The van der Waals surface area contributed by atoms with E-state index >= 15 is 0 Å². The molecule has 0 spiro atoms. The highest BCUT2D eigenvalue weighted by Gasteiger charge is 2.15. The maximum absolute atomic E-state index is 3.55. The van der Waals surface area contributed by atoms with Crippen molar-refractivity contribution in [3.05, 3.63) is 56.2 Å². The Kier molecular flexibility index (Phi) is 4.37. The molecule has 0 radical (unpaired) electrons. The number of halogens is 1. The summed E-state index contributed by atoms with van der Waals surface area (Å²) in [5, 5.41) is 8.00. The van der Waals surface area contributed by atoms with Gasteiger partial charge in [-0.05, 0) is 53.1 Å². The van der Waals surface area contributed by atoms with Gasteiger partial charge < -0.3 is 5.32 Å². The van der Waals surface area contributed by atoms with Gasteiger partial charge in [-0.3, -0.25) is 0 Å². The molecule has 0 bridgehead atoms. The van der Waals surface area contributed by atoms with Gasteiger partial charge in [0.1, 0.15) is 0 Å². The van der Waals surface area contributed by atoms with Gasteiger partial charge in [0.2, 0.25) is 0 Å². The van der Waals surface area contributed by atoms with Gasteiger partial charge in [0.25, 0.3) is 0 Å². The molecule has 1 N–H and O–H groups in total. The van der Waals surface area contributed by atoms with E-state index in [0.717, 1.165) is 11.0 Å². The zero-order valence-corrected chi connectivity index (χ0v) is 12.4. The number of nitrogens with one attached hydrogen (secondary N) is 1. The lowest BCUT2D eigenvalue weighted by Gasteiger charge is -2.18. The Bertz CT molecular complexity index is 475. The highest BCUT2D eigenvalue weighted by Crippen LogP contribution is 2.28. The molecule has 0 aliphatic carbocycles. The molecule has 1 unspecified atom stereocenters. The minimum Gasteiger partial charge on any atom is -0.306 e. The number of hydrogen-bond donors (Lipinski definition) is 1. The average molecular weight is 310 g/mol. The molecule has 1 aromatic carbocycles. The second-order valence-electron chi connectivity index (χ2n) is 4.05. The molecule has 0 amide bonds. The van der Waals surface area contributed by atoms with Gasteiger partial charge in [-0.15, -0.1) is 0 Å². The van der Waals surface area contributed by atoms with E-state index in [0.29, 0.717) is 6.04 Å². The lowest BCUT2D eigenvalue weighted by atomic mass is 9.98. The molecule has 0 saturated heterocycles. The maximum Gasteiger partial charge on any atom is 0.0587 e. The average Bonchev–Trinajstić information content (AvgIpc) is 2.74. The molecular formula is C14H16BrNS. The summed E-state index contributed by atoms with van der Waals surface area (Å²) in [6.07, 6.45) is 0. The van der Waals surface area contributed by atoms with Crippen molar-refractivity contribution in [2.45, 2.75) is 19.9 Å². The third-order valence-corrected chi connectivity index (χ3v) is 4.23. The monoisotopic (exact) mass is 309 g/mol. The first-order valence-electron chi connectivity index (χ1n) is 5.74. The number of benzene rings is 1. The van der Waals surface area contributed by atoms with Gasteiger partial charge in [0.15, 0.2) is 0 Å². The molecule has 2 aromatic rings. The third kappa shape index (κ3) is 2.97. The highest BCUT2D eigenvalue weighted by molar-refractivity contribution is 9.10. The number of hydrogen-bond acceptors (Lipinski definition) is 2. The van der Waals surface area contributed by atoms with Crippen LogP contribution >= 0.6 is 27.3 Å². The number of aryl methyl sites for hydroxylation is 1. The van der Waals surface area contributed by atoms with Crippen molar-refractivity contribution in [1.29, 1.82) is 0 Å². The summed E-state index contributed by atoms with van der Waals surface area (Å²) in [5.41, 5.74) is 4.07. The lowest BCUT2D eigenvalue weighted by molar-refractivity contribution is 0.629. The molecule has 1 heterocycles. The molecule has 0 aliphatic heterocycles. The Balaban J connectivity index is 2.35. The molecule has 1 nitrogen and oxygen atoms in total. The summed E-state index contributed by atoms with van der Waals surface area (Å²) >= 11 is 5.25. The van der Waals surface area contributed by atoms with Gasteiger partial charge in [-0.2, -0.15) is 11.3 Å². The van der Waals surface area contributed by atoms with Crippen molar-refractivity contribution in [2.75, 3.05) is 6.54 Å². The summed E-state index contributed by atoms with van der Waals surface area (Å²) < 4.78 is 1.12. The summed E-state index contributed by atoms with van der Waals surface area (Å²) in [5.74, 6) is 0. The normalized spacial score (nSPS) is 12.6. The van der Waals surface area contributed by atoms with Gasteiger partial charge in [-0.1, -0.05) is 35.0 Å². The van der Waals surface area contributed by atoms with Gasteiger partial charge in [0.05, 0.1) is 6.04 Å². The van der Waals surface area contributed by atoms with Gasteiger partial charge in [0, 0.05) is 4.47 Å². The first-order valence-corrected chi connectivity index (χ1v) is 7.47. The van der Waals surface area contributed by atoms with E-state index in [-0.39, 0.29) is 0 Å². The van der Waals surface area contributed by atoms with Crippen molar-refractivity contribution in [3.8, 4) is 0 Å². The van der Waals surface area contributed by atoms with Crippen LogP contribution < -0.4 is 5.32 Å². The predicted molar refractivity (Wildman–Crippen MR) is 78.7 cm³/mol. The van der Waals surface area contributed by atoms with Crippen molar-refractivity contribution < 1.29 is 0 Å². The fourth-order valence-electron chi connectivity index (χ4n) is 1.93. The Morgan fingerprint density at radius 3 is 2.47 bits per heavy atom. The van der Waals surface area contributed by atoms with Crippen LogP contribution in [0.25, 0.3) is 0 Å².